The molecule has 0 radical (unpaired) electrons. The maximum absolute atomic E-state index is 15.1. The molecule has 0 aromatic heterocycles. The second kappa shape index (κ2) is 5.41. The monoisotopic (exact) mass is 358 g/mol. The SMILES string of the molecule is C=C(OC)[C@@]1(O)CC[C@H]2[C@@H]3C[C@H](F)C4=CC(=O)C=C[C@]4(C)C3=CC[C@@]21C. The van der Waals surface area contributed by atoms with Gasteiger partial charge in [-0.3, -0.25) is 4.79 Å². The predicted molar refractivity (Wildman–Crippen MR) is 98.0 cm³/mol. The lowest BCUT2D eigenvalue weighted by molar-refractivity contribution is -0.110. The molecule has 1 N–H and O–H groups in total. The molecule has 2 fully saturated rings. The van der Waals surface area contributed by atoms with Crippen molar-refractivity contribution < 1.29 is 19.0 Å². The highest BCUT2D eigenvalue weighted by atomic mass is 19.1. The van der Waals surface area contributed by atoms with E-state index in [1.165, 1.54) is 11.6 Å². The Balaban J connectivity index is 1.80. The van der Waals surface area contributed by atoms with Crippen molar-refractivity contribution in [3.63, 3.8) is 0 Å². The normalized spacial score (nSPS) is 46.7. The summed E-state index contributed by atoms with van der Waals surface area (Å²) in [6, 6.07) is 0. The van der Waals surface area contributed by atoms with Gasteiger partial charge in [0.2, 0.25) is 0 Å². The van der Waals surface area contributed by atoms with Crippen LogP contribution in [-0.4, -0.2) is 29.8 Å². The van der Waals surface area contributed by atoms with Gasteiger partial charge in [-0.2, -0.15) is 0 Å². The molecule has 26 heavy (non-hydrogen) atoms. The second-order valence-electron chi connectivity index (χ2n) is 8.76. The molecular weight excluding hydrogens is 331 g/mol. The number of carbonyl (C=O) groups excluding carboxylic acids is 1. The van der Waals surface area contributed by atoms with E-state index in [1.807, 2.05) is 13.0 Å². The highest BCUT2D eigenvalue weighted by Gasteiger charge is 2.64. The third-order valence-corrected chi connectivity index (χ3v) is 7.80. The Hall–Kier alpha value is -1.68. The van der Waals surface area contributed by atoms with Crippen LogP contribution >= 0.6 is 0 Å². The number of rotatable bonds is 2. The molecule has 0 unspecified atom stereocenters. The first-order chi connectivity index (χ1) is 12.2. The van der Waals surface area contributed by atoms with Crippen molar-refractivity contribution in [3.8, 4) is 0 Å². The van der Waals surface area contributed by atoms with Crippen LogP contribution in [0.25, 0.3) is 0 Å². The van der Waals surface area contributed by atoms with Crippen molar-refractivity contribution in [3.05, 3.63) is 47.8 Å². The first-order valence-electron chi connectivity index (χ1n) is 9.43. The number of fused-ring (bicyclic) bond motifs is 5. The molecule has 0 aliphatic heterocycles. The van der Waals surface area contributed by atoms with E-state index in [-0.39, 0.29) is 17.6 Å². The van der Waals surface area contributed by atoms with Gasteiger partial charge in [0.25, 0.3) is 0 Å². The summed E-state index contributed by atoms with van der Waals surface area (Å²) in [6.07, 6.45) is 8.45. The lowest BCUT2D eigenvalue weighted by atomic mass is 9.51. The van der Waals surface area contributed by atoms with Crippen LogP contribution in [0.5, 0.6) is 0 Å². The summed E-state index contributed by atoms with van der Waals surface area (Å²) in [7, 11) is 1.54. The van der Waals surface area contributed by atoms with Crippen molar-refractivity contribution in [2.45, 2.75) is 51.3 Å². The third-order valence-electron chi connectivity index (χ3n) is 7.80. The van der Waals surface area contributed by atoms with Crippen LogP contribution < -0.4 is 0 Å². The van der Waals surface area contributed by atoms with Gasteiger partial charge >= 0.3 is 0 Å². The lowest BCUT2D eigenvalue weighted by Crippen LogP contribution is -2.52. The minimum absolute atomic E-state index is 0.0578. The molecule has 0 aromatic rings. The van der Waals surface area contributed by atoms with Crippen molar-refractivity contribution in [1.82, 2.24) is 0 Å². The Morgan fingerprint density at radius 3 is 2.81 bits per heavy atom. The van der Waals surface area contributed by atoms with Crippen LogP contribution in [0, 0.1) is 22.7 Å². The fraction of sp³-hybridized carbons (Fsp3) is 0.591. The summed E-state index contributed by atoms with van der Waals surface area (Å²) in [6.45, 7) is 8.05. The molecule has 0 amide bonds. The molecule has 0 aromatic carbocycles. The van der Waals surface area contributed by atoms with Gasteiger partial charge in [-0.1, -0.05) is 31.2 Å². The lowest BCUT2D eigenvalue weighted by Gasteiger charge is -2.54. The Kier molecular flexibility index (Phi) is 3.69. The number of allylic oxidation sites excluding steroid dienone is 6. The zero-order valence-corrected chi connectivity index (χ0v) is 15.7. The Morgan fingerprint density at radius 1 is 1.38 bits per heavy atom. The molecule has 0 bridgehead atoms. The number of halogens is 1. The molecule has 4 aliphatic carbocycles. The Labute approximate surface area is 154 Å². The summed E-state index contributed by atoms with van der Waals surface area (Å²) in [5.41, 5.74) is -0.242. The van der Waals surface area contributed by atoms with Crippen molar-refractivity contribution in [1.29, 1.82) is 0 Å². The zero-order chi connectivity index (χ0) is 18.9. The zero-order valence-electron chi connectivity index (χ0n) is 15.7. The summed E-state index contributed by atoms with van der Waals surface area (Å²) < 4.78 is 20.5. The van der Waals surface area contributed by atoms with Crippen LogP contribution in [-0.2, 0) is 9.53 Å². The van der Waals surface area contributed by atoms with Gasteiger partial charge in [-0.15, -0.1) is 0 Å². The van der Waals surface area contributed by atoms with E-state index in [4.69, 9.17) is 4.74 Å². The Bertz CT molecular complexity index is 778. The molecular formula is C22H27FO3. The van der Waals surface area contributed by atoms with E-state index in [1.54, 1.807) is 13.2 Å². The molecule has 6 atom stereocenters. The van der Waals surface area contributed by atoms with E-state index >= 15 is 4.39 Å². The van der Waals surface area contributed by atoms with Crippen LogP contribution in [0.1, 0.15) is 39.5 Å². The van der Waals surface area contributed by atoms with Gasteiger partial charge in [0.05, 0.1) is 7.11 Å². The largest absolute Gasteiger partial charge is 0.499 e. The third kappa shape index (κ3) is 1.99. The van der Waals surface area contributed by atoms with Crippen LogP contribution in [0.4, 0.5) is 4.39 Å². The molecule has 4 rings (SSSR count). The molecule has 3 nitrogen and oxygen atoms in total. The second-order valence-corrected chi connectivity index (χ2v) is 8.76. The van der Waals surface area contributed by atoms with Crippen molar-refractivity contribution >= 4 is 5.78 Å². The number of methoxy groups -OCH3 is 1. The minimum atomic E-state index is -1.13. The number of carbonyl (C=O) groups is 1. The standard InChI is InChI=1S/C22H27FO3/c1-13(26-4)22(25)10-7-17-15-12-19(23)18-11-14(24)5-8-20(18,2)16(15)6-9-21(17,22)3/h5-6,8,11,15,17,19,25H,1,7,9-10,12H2,2-4H3/t15-,17+,19+,20-,21+,22+/m1/s1. The molecule has 0 saturated heterocycles. The Morgan fingerprint density at radius 2 is 2.12 bits per heavy atom. The van der Waals surface area contributed by atoms with Gasteiger partial charge < -0.3 is 9.84 Å². The molecule has 0 spiro atoms. The van der Waals surface area contributed by atoms with Crippen LogP contribution in [0.3, 0.4) is 0 Å². The average molecular weight is 358 g/mol. The smallest absolute Gasteiger partial charge is 0.178 e. The minimum Gasteiger partial charge on any atom is -0.499 e. The first kappa shape index (κ1) is 17.7. The van der Waals surface area contributed by atoms with Crippen LogP contribution in [0.2, 0.25) is 0 Å². The molecule has 140 valence electrons. The molecule has 4 heteroatoms. The first-order valence-corrected chi connectivity index (χ1v) is 9.43. The molecule has 0 heterocycles. The summed E-state index contributed by atoms with van der Waals surface area (Å²) in [4.78, 5) is 11.8. The number of hydrogen-bond acceptors (Lipinski definition) is 3. The number of hydrogen-bond donors (Lipinski definition) is 1. The number of ketones is 1. The van der Waals surface area contributed by atoms with E-state index in [9.17, 15) is 9.90 Å². The summed E-state index contributed by atoms with van der Waals surface area (Å²) in [5, 5.41) is 11.4. The van der Waals surface area contributed by atoms with Gasteiger partial charge in [0, 0.05) is 10.8 Å². The highest BCUT2D eigenvalue weighted by Crippen LogP contribution is 2.66. The topological polar surface area (TPSA) is 46.5 Å². The van der Waals surface area contributed by atoms with Crippen molar-refractivity contribution in [2.24, 2.45) is 22.7 Å². The quantitative estimate of drug-likeness (QED) is 0.598. The van der Waals surface area contributed by atoms with Gasteiger partial charge in [-0.25, -0.2) is 4.39 Å². The fourth-order valence-electron chi connectivity index (χ4n) is 6.17. The molecule has 2 saturated carbocycles. The van der Waals surface area contributed by atoms with E-state index in [2.05, 4.69) is 19.6 Å². The van der Waals surface area contributed by atoms with Gasteiger partial charge in [0.1, 0.15) is 17.5 Å². The maximum atomic E-state index is 15.1. The highest BCUT2D eigenvalue weighted by molar-refractivity contribution is 6.01. The van der Waals surface area contributed by atoms with E-state index in [0.717, 1.165) is 6.42 Å². The number of ether oxygens (including phenoxy) is 1. The summed E-state index contributed by atoms with van der Waals surface area (Å²) >= 11 is 0. The fourth-order valence-corrected chi connectivity index (χ4v) is 6.17. The van der Waals surface area contributed by atoms with Crippen LogP contribution in [0.15, 0.2) is 47.8 Å². The van der Waals surface area contributed by atoms with Gasteiger partial charge in [-0.05, 0) is 62.2 Å². The van der Waals surface area contributed by atoms with E-state index < -0.39 is 22.6 Å². The number of aliphatic hydroxyl groups is 1. The predicted octanol–water partition coefficient (Wildman–Crippen LogP) is 4.05. The summed E-state index contributed by atoms with van der Waals surface area (Å²) in [5.74, 6) is 0.498. The maximum Gasteiger partial charge on any atom is 0.178 e. The van der Waals surface area contributed by atoms with Gasteiger partial charge in [0.15, 0.2) is 5.78 Å². The number of alkyl halides is 1. The van der Waals surface area contributed by atoms with E-state index in [0.29, 0.717) is 30.6 Å². The van der Waals surface area contributed by atoms with Crippen molar-refractivity contribution in [2.75, 3.05) is 7.11 Å². The average Bonchev–Trinajstić information content (AvgIpc) is 2.88. The molecule has 4 aliphatic rings.